The van der Waals surface area contributed by atoms with Crippen molar-refractivity contribution in [2.45, 2.75) is 13.0 Å². The Balaban J connectivity index is 1.80. The number of nitrogens with two attached hydrogens (primary N) is 1. The largest absolute Gasteiger partial charge is 0.333 e. The molecule has 0 unspecified atom stereocenters. The molecule has 2 aromatic rings. The van der Waals surface area contributed by atoms with Gasteiger partial charge in [0, 0.05) is 18.3 Å². The molecule has 0 spiro atoms. The quantitative estimate of drug-likeness (QED) is 0.757. The fraction of sp³-hybridized carbons (Fsp3) is 0.263. The molecule has 5 nitrogen and oxygen atoms in total. The van der Waals surface area contributed by atoms with Crippen molar-refractivity contribution in [2.24, 2.45) is 0 Å². The number of nitrogens with one attached hydrogen (secondary N) is 1. The van der Waals surface area contributed by atoms with E-state index in [2.05, 4.69) is 5.32 Å². The van der Waals surface area contributed by atoms with Crippen molar-refractivity contribution in [2.75, 3.05) is 25.5 Å². The van der Waals surface area contributed by atoms with Gasteiger partial charge in [-0.15, -0.1) is 0 Å². The average Bonchev–Trinajstić information content (AvgIpc) is 2.63. The molecule has 0 saturated carbocycles. The van der Waals surface area contributed by atoms with E-state index >= 15 is 0 Å². The van der Waals surface area contributed by atoms with Crippen molar-refractivity contribution < 1.29 is 14.9 Å². The molecular weight excluding hydrogens is 373 g/mol. The van der Waals surface area contributed by atoms with Crippen molar-refractivity contribution in [1.82, 2.24) is 4.90 Å². The van der Waals surface area contributed by atoms with Crippen molar-refractivity contribution in [3.8, 4) is 0 Å². The van der Waals surface area contributed by atoms with Crippen LogP contribution in [0.3, 0.4) is 0 Å². The predicted molar refractivity (Wildman–Crippen MR) is 104 cm³/mol. The summed E-state index contributed by atoms with van der Waals surface area (Å²) in [5.74, 6) is -0.410. The van der Waals surface area contributed by atoms with Gasteiger partial charge in [0.1, 0.15) is 6.04 Å². The van der Waals surface area contributed by atoms with Crippen LogP contribution in [0.1, 0.15) is 18.5 Å². The minimum atomic E-state index is -0.296. The molecule has 0 radical (unpaired) electrons. The summed E-state index contributed by atoms with van der Waals surface area (Å²) < 4.78 is 0. The summed E-state index contributed by atoms with van der Waals surface area (Å²) in [5.41, 5.74) is 1.69. The molecule has 2 amide bonds. The van der Waals surface area contributed by atoms with Gasteiger partial charge in [-0.25, -0.2) is 0 Å². The lowest BCUT2D eigenvalue weighted by atomic mass is 10.1. The Kier molecular flexibility index (Phi) is 7.45. The zero-order valence-electron chi connectivity index (χ0n) is 14.7. The lowest BCUT2D eigenvalue weighted by Gasteiger charge is -2.17. The van der Waals surface area contributed by atoms with Gasteiger partial charge in [-0.2, -0.15) is 0 Å². The molecule has 7 heteroatoms. The van der Waals surface area contributed by atoms with E-state index in [1.807, 2.05) is 42.6 Å². The lowest BCUT2D eigenvalue weighted by Crippen LogP contribution is -2.87. The number of carbonyl (C=O) groups is 2. The van der Waals surface area contributed by atoms with Crippen molar-refractivity contribution in [3.63, 3.8) is 0 Å². The number of likely N-dealkylation sites (N-methyl/N-ethyl adjacent to an activating group) is 1. The number of hydrogen-bond acceptors (Lipinski definition) is 2. The minimum absolute atomic E-state index is 0.0351. The Bertz CT molecular complexity index is 769. The maximum Gasteiger partial charge on any atom is 0.277 e. The van der Waals surface area contributed by atoms with E-state index in [-0.39, 0.29) is 30.9 Å². The Morgan fingerprint density at radius 2 is 1.81 bits per heavy atom. The lowest BCUT2D eigenvalue weighted by molar-refractivity contribution is -0.683. The molecule has 138 valence electrons. The number of rotatable bonds is 7. The molecular formula is C19H22Cl2N3O2+. The molecule has 2 rings (SSSR count). The zero-order valence-corrected chi connectivity index (χ0v) is 16.2. The Labute approximate surface area is 163 Å². The van der Waals surface area contributed by atoms with Crippen LogP contribution in [0.5, 0.6) is 0 Å². The monoisotopic (exact) mass is 394 g/mol. The maximum absolute atomic E-state index is 12.2. The van der Waals surface area contributed by atoms with Crippen LogP contribution in [0.2, 0.25) is 10.0 Å². The molecule has 0 fully saturated rings. The fourth-order valence-electron chi connectivity index (χ4n) is 2.40. The number of anilines is 1. The summed E-state index contributed by atoms with van der Waals surface area (Å²) in [6.45, 7) is 2.28. The van der Waals surface area contributed by atoms with Gasteiger partial charge >= 0.3 is 0 Å². The van der Waals surface area contributed by atoms with Gasteiger partial charge in [0.15, 0.2) is 6.54 Å². The Morgan fingerprint density at radius 1 is 1.12 bits per heavy atom. The number of halogens is 2. The first-order valence-corrected chi connectivity index (χ1v) is 8.99. The maximum atomic E-state index is 12.2. The van der Waals surface area contributed by atoms with Crippen molar-refractivity contribution >= 4 is 40.7 Å². The van der Waals surface area contributed by atoms with E-state index in [0.29, 0.717) is 15.7 Å². The van der Waals surface area contributed by atoms with E-state index in [1.54, 1.807) is 25.2 Å². The van der Waals surface area contributed by atoms with Gasteiger partial charge in [-0.3, -0.25) is 9.59 Å². The van der Waals surface area contributed by atoms with Gasteiger partial charge in [0.25, 0.3) is 5.91 Å². The van der Waals surface area contributed by atoms with Gasteiger partial charge in [-0.1, -0.05) is 53.5 Å². The van der Waals surface area contributed by atoms with Crippen LogP contribution in [0.25, 0.3) is 0 Å². The highest BCUT2D eigenvalue weighted by Crippen LogP contribution is 2.24. The second kappa shape index (κ2) is 9.57. The third-order valence-corrected chi connectivity index (χ3v) is 4.72. The first-order valence-electron chi connectivity index (χ1n) is 8.24. The van der Waals surface area contributed by atoms with E-state index in [4.69, 9.17) is 23.2 Å². The fourth-order valence-corrected chi connectivity index (χ4v) is 2.70. The van der Waals surface area contributed by atoms with E-state index < -0.39 is 0 Å². The van der Waals surface area contributed by atoms with Gasteiger partial charge < -0.3 is 15.5 Å². The van der Waals surface area contributed by atoms with E-state index in [1.165, 1.54) is 4.90 Å². The van der Waals surface area contributed by atoms with Crippen LogP contribution in [0.4, 0.5) is 5.69 Å². The molecule has 3 N–H and O–H groups in total. The summed E-state index contributed by atoms with van der Waals surface area (Å²) in [5, 5.41) is 5.43. The second-order valence-electron chi connectivity index (χ2n) is 6.07. The highest BCUT2D eigenvalue weighted by molar-refractivity contribution is 6.42. The van der Waals surface area contributed by atoms with Crippen LogP contribution in [-0.2, 0) is 9.59 Å². The van der Waals surface area contributed by atoms with Crippen molar-refractivity contribution in [1.29, 1.82) is 0 Å². The molecule has 0 saturated heterocycles. The van der Waals surface area contributed by atoms with Crippen LogP contribution in [0, 0.1) is 0 Å². The SMILES string of the molecule is C[C@@H]([NH2+]CC(=O)N(C)CC(=O)Nc1ccc(Cl)c(Cl)c1)c1ccccc1. The standard InChI is InChI=1S/C19H21Cl2N3O2/c1-13(14-6-4-3-5-7-14)22-11-19(26)24(2)12-18(25)23-15-8-9-16(20)17(21)10-15/h3-10,13,22H,11-12H2,1-2H3,(H,23,25)/p+1/t13-/m1/s1. The molecule has 0 aliphatic carbocycles. The molecule has 2 aromatic carbocycles. The van der Waals surface area contributed by atoms with E-state index in [9.17, 15) is 9.59 Å². The van der Waals surface area contributed by atoms with Crippen LogP contribution in [0.15, 0.2) is 48.5 Å². The summed E-state index contributed by atoms with van der Waals surface area (Å²) in [7, 11) is 1.61. The van der Waals surface area contributed by atoms with Gasteiger partial charge in [0.05, 0.1) is 16.6 Å². The number of quaternary nitrogens is 1. The van der Waals surface area contributed by atoms with Crippen LogP contribution >= 0.6 is 23.2 Å². The molecule has 0 aromatic heterocycles. The molecule has 26 heavy (non-hydrogen) atoms. The Hall–Kier alpha value is -2.08. The third-order valence-electron chi connectivity index (χ3n) is 3.98. The molecule has 0 bridgehead atoms. The first-order chi connectivity index (χ1) is 12.4. The third kappa shape index (κ3) is 6.02. The van der Waals surface area contributed by atoms with Crippen molar-refractivity contribution in [3.05, 3.63) is 64.1 Å². The summed E-state index contributed by atoms with van der Waals surface area (Å²) in [4.78, 5) is 25.7. The number of hydrogen-bond donors (Lipinski definition) is 2. The number of amides is 2. The minimum Gasteiger partial charge on any atom is -0.333 e. The summed E-state index contributed by atoms with van der Waals surface area (Å²) in [6.07, 6.45) is 0. The summed E-state index contributed by atoms with van der Waals surface area (Å²) in [6, 6.07) is 15.0. The molecule has 0 aliphatic heterocycles. The van der Waals surface area contributed by atoms with Gasteiger partial charge in [-0.05, 0) is 25.1 Å². The molecule has 1 atom stereocenters. The second-order valence-corrected chi connectivity index (χ2v) is 6.88. The molecule has 0 heterocycles. The van der Waals surface area contributed by atoms with E-state index in [0.717, 1.165) is 5.56 Å². The smallest absolute Gasteiger partial charge is 0.277 e. The molecule has 0 aliphatic rings. The normalized spacial score (nSPS) is 11.7. The Morgan fingerprint density at radius 3 is 2.46 bits per heavy atom. The van der Waals surface area contributed by atoms with Gasteiger partial charge in [0.2, 0.25) is 5.91 Å². The van der Waals surface area contributed by atoms with Crippen LogP contribution in [-0.4, -0.2) is 36.9 Å². The number of carbonyl (C=O) groups excluding carboxylic acids is 2. The first kappa shape index (κ1) is 20.2. The summed E-state index contributed by atoms with van der Waals surface area (Å²) >= 11 is 11.8. The predicted octanol–water partition coefficient (Wildman–Crippen LogP) is 2.71. The number of nitrogens with zero attached hydrogens (tertiary/aromatic N) is 1. The number of benzene rings is 2. The highest BCUT2D eigenvalue weighted by Gasteiger charge is 2.17. The van der Waals surface area contributed by atoms with Crippen LogP contribution < -0.4 is 10.6 Å². The topological polar surface area (TPSA) is 66.0 Å². The average molecular weight is 395 g/mol. The zero-order chi connectivity index (χ0) is 19.1. The highest BCUT2D eigenvalue weighted by atomic mass is 35.5.